The number of hydrogen-bond acceptors (Lipinski definition) is 3. The first-order valence-electron chi connectivity index (χ1n) is 8.34. The van der Waals surface area contributed by atoms with Crippen molar-refractivity contribution >= 4 is 15.9 Å². The van der Waals surface area contributed by atoms with E-state index in [0.717, 1.165) is 24.7 Å². The first-order chi connectivity index (χ1) is 11.9. The van der Waals surface area contributed by atoms with Gasteiger partial charge in [-0.05, 0) is 48.1 Å². The zero-order valence-corrected chi connectivity index (χ0v) is 15.0. The molecule has 0 radical (unpaired) electrons. The van der Waals surface area contributed by atoms with E-state index in [1.165, 1.54) is 11.1 Å². The second-order valence-corrected chi connectivity index (χ2v) is 8.21. The minimum Gasteiger partial charge on any atom is -0.345 e. The van der Waals surface area contributed by atoms with Gasteiger partial charge < -0.3 is 5.32 Å². The van der Waals surface area contributed by atoms with Crippen LogP contribution in [-0.2, 0) is 22.9 Å². The molecule has 2 aromatic rings. The molecule has 2 N–H and O–H groups in total. The number of carbonyl (C=O) groups is 1. The molecule has 25 heavy (non-hydrogen) atoms. The largest absolute Gasteiger partial charge is 0.345 e. The summed E-state index contributed by atoms with van der Waals surface area (Å²) in [5.74, 6) is -0.0810. The summed E-state index contributed by atoms with van der Waals surface area (Å²) in [6.07, 6.45) is 3.65. The Balaban J connectivity index is 1.58. The van der Waals surface area contributed by atoms with Crippen LogP contribution in [-0.4, -0.2) is 27.1 Å². The van der Waals surface area contributed by atoms with Gasteiger partial charge in [-0.1, -0.05) is 36.4 Å². The van der Waals surface area contributed by atoms with Crippen molar-refractivity contribution in [3.8, 4) is 0 Å². The van der Waals surface area contributed by atoms with Crippen LogP contribution < -0.4 is 10.0 Å². The Labute approximate surface area is 148 Å². The van der Waals surface area contributed by atoms with Crippen molar-refractivity contribution in [2.24, 2.45) is 0 Å². The molecule has 5 nitrogen and oxygen atoms in total. The highest BCUT2D eigenvalue weighted by Crippen LogP contribution is 2.30. The molecule has 1 aliphatic carbocycles. The van der Waals surface area contributed by atoms with Crippen LogP contribution in [0.1, 0.15) is 39.5 Å². The van der Waals surface area contributed by atoms with Gasteiger partial charge in [-0.25, -0.2) is 13.1 Å². The van der Waals surface area contributed by atoms with Gasteiger partial charge in [-0.15, -0.1) is 0 Å². The zero-order chi connectivity index (χ0) is 17.9. The Morgan fingerprint density at radius 2 is 1.84 bits per heavy atom. The van der Waals surface area contributed by atoms with Crippen molar-refractivity contribution < 1.29 is 13.2 Å². The van der Waals surface area contributed by atoms with Gasteiger partial charge in [0.15, 0.2) is 0 Å². The lowest BCUT2D eigenvalue weighted by Gasteiger charge is -2.14. The highest BCUT2D eigenvalue weighted by molar-refractivity contribution is 7.88. The first kappa shape index (κ1) is 17.6. The van der Waals surface area contributed by atoms with Crippen LogP contribution in [0.3, 0.4) is 0 Å². The minimum atomic E-state index is -3.17. The highest BCUT2D eigenvalue weighted by Gasteiger charge is 2.23. The van der Waals surface area contributed by atoms with Gasteiger partial charge in [0.2, 0.25) is 10.0 Å². The molecule has 2 aromatic carbocycles. The molecule has 6 heteroatoms. The van der Waals surface area contributed by atoms with Crippen LogP contribution in [0.25, 0.3) is 0 Å². The summed E-state index contributed by atoms with van der Waals surface area (Å²) < 4.78 is 24.6. The Bertz CT molecular complexity index is 860. The molecule has 0 saturated heterocycles. The second kappa shape index (κ2) is 7.37. The topological polar surface area (TPSA) is 75.3 Å². The van der Waals surface area contributed by atoms with Gasteiger partial charge >= 0.3 is 0 Å². The lowest BCUT2D eigenvalue weighted by atomic mass is 10.1. The lowest BCUT2D eigenvalue weighted by molar-refractivity contribution is 0.0936. The minimum absolute atomic E-state index is 0.0716. The molecular formula is C19H22N2O3S. The van der Waals surface area contributed by atoms with Gasteiger partial charge in [-0.3, -0.25) is 4.79 Å². The van der Waals surface area contributed by atoms with Crippen molar-refractivity contribution in [3.63, 3.8) is 0 Å². The predicted molar refractivity (Wildman–Crippen MR) is 98.0 cm³/mol. The molecule has 0 aliphatic heterocycles. The number of rotatable bonds is 6. The fourth-order valence-electron chi connectivity index (χ4n) is 3.15. The molecule has 1 atom stereocenters. The van der Waals surface area contributed by atoms with E-state index in [2.05, 4.69) is 22.2 Å². The SMILES string of the molecule is CS(=O)(=O)NCCc1ccc(C(=O)N[C@@H]2CCc3ccccc32)cc1. The van der Waals surface area contributed by atoms with E-state index in [1.54, 1.807) is 12.1 Å². The molecule has 1 aliphatic rings. The van der Waals surface area contributed by atoms with E-state index in [-0.39, 0.29) is 11.9 Å². The summed E-state index contributed by atoms with van der Waals surface area (Å²) >= 11 is 0. The van der Waals surface area contributed by atoms with Crippen LogP contribution >= 0.6 is 0 Å². The van der Waals surface area contributed by atoms with Gasteiger partial charge in [0, 0.05) is 12.1 Å². The molecule has 3 rings (SSSR count). The number of fused-ring (bicyclic) bond motifs is 1. The third kappa shape index (κ3) is 4.67. The van der Waals surface area contributed by atoms with Crippen LogP contribution in [0.5, 0.6) is 0 Å². The maximum absolute atomic E-state index is 12.5. The van der Waals surface area contributed by atoms with Crippen molar-refractivity contribution in [1.82, 2.24) is 10.0 Å². The van der Waals surface area contributed by atoms with Crippen LogP contribution in [0.2, 0.25) is 0 Å². The van der Waals surface area contributed by atoms with E-state index < -0.39 is 10.0 Å². The zero-order valence-electron chi connectivity index (χ0n) is 14.2. The van der Waals surface area contributed by atoms with Gasteiger partial charge in [0.25, 0.3) is 5.91 Å². The van der Waals surface area contributed by atoms with Crippen molar-refractivity contribution in [1.29, 1.82) is 0 Å². The molecule has 0 bridgehead atoms. The Kier molecular flexibility index (Phi) is 5.20. The molecule has 0 heterocycles. The summed E-state index contributed by atoms with van der Waals surface area (Å²) in [5.41, 5.74) is 4.11. The Hall–Kier alpha value is -2.18. The van der Waals surface area contributed by atoms with Gasteiger partial charge in [-0.2, -0.15) is 0 Å². The van der Waals surface area contributed by atoms with E-state index in [9.17, 15) is 13.2 Å². The Morgan fingerprint density at radius 1 is 1.12 bits per heavy atom. The summed E-state index contributed by atoms with van der Waals surface area (Å²) in [6, 6.07) is 15.6. The molecule has 132 valence electrons. The number of aryl methyl sites for hydroxylation is 1. The molecule has 0 unspecified atom stereocenters. The number of hydrogen-bond donors (Lipinski definition) is 2. The van der Waals surface area contributed by atoms with E-state index >= 15 is 0 Å². The number of sulfonamides is 1. The molecule has 1 amide bonds. The van der Waals surface area contributed by atoms with Crippen molar-refractivity contribution in [2.75, 3.05) is 12.8 Å². The normalized spacial score (nSPS) is 16.4. The third-order valence-corrected chi connectivity index (χ3v) is 5.16. The van der Waals surface area contributed by atoms with E-state index in [4.69, 9.17) is 0 Å². The summed E-state index contributed by atoms with van der Waals surface area (Å²) in [6.45, 7) is 0.350. The maximum Gasteiger partial charge on any atom is 0.251 e. The summed E-state index contributed by atoms with van der Waals surface area (Å²) in [5, 5.41) is 3.10. The molecule has 0 saturated carbocycles. The summed E-state index contributed by atoms with van der Waals surface area (Å²) in [4.78, 5) is 12.5. The van der Waals surface area contributed by atoms with Crippen LogP contribution in [0.4, 0.5) is 0 Å². The van der Waals surface area contributed by atoms with Crippen molar-refractivity contribution in [2.45, 2.75) is 25.3 Å². The van der Waals surface area contributed by atoms with E-state index in [0.29, 0.717) is 18.5 Å². The number of carbonyl (C=O) groups excluding carboxylic acids is 1. The summed E-state index contributed by atoms with van der Waals surface area (Å²) in [7, 11) is -3.17. The average Bonchev–Trinajstić information content (AvgIpc) is 2.97. The fourth-order valence-corrected chi connectivity index (χ4v) is 3.63. The van der Waals surface area contributed by atoms with Crippen LogP contribution in [0.15, 0.2) is 48.5 Å². The predicted octanol–water partition coefficient (Wildman–Crippen LogP) is 2.20. The molecule has 0 spiro atoms. The average molecular weight is 358 g/mol. The maximum atomic E-state index is 12.5. The first-order valence-corrected chi connectivity index (χ1v) is 10.2. The standard InChI is InChI=1S/C19H22N2O3S/c1-25(23,24)20-13-12-14-6-8-16(9-7-14)19(22)21-18-11-10-15-4-2-3-5-17(15)18/h2-9,18,20H,10-13H2,1H3,(H,21,22)/t18-/m1/s1. The second-order valence-electron chi connectivity index (χ2n) is 6.38. The van der Waals surface area contributed by atoms with Crippen LogP contribution in [0, 0.1) is 0 Å². The fraction of sp³-hybridized carbons (Fsp3) is 0.316. The number of nitrogens with one attached hydrogen (secondary N) is 2. The van der Waals surface area contributed by atoms with Gasteiger partial charge in [0.1, 0.15) is 0 Å². The molecule has 0 fully saturated rings. The molecular weight excluding hydrogens is 336 g/mol. The smallest absolute Gasteiger partial charge is 0.251 e. The molecule has 0 aromatic heterocycles. The van der Waals surface area contributed by atoms with Crippen molar-refractivity contribution in [3.05, 3.63) is 70.8 Å². The Morgan fingerprint density at radius 3 is 2.56 bits per heavy atom. The quantitative estimate of drug-likeness (QED) is 0.831. The van der Waals surface area contributed by atoms with Gasteiger partial charge in [0.05, 0.1) is 12.3 Å². The highest BCUT2D eigenvalue weighted by atomic mass is 32.2. The monoisotopic (exact) mass is 358 g/mol. The third-order valence-electron chi connectivity index (χ3n) is 4.43. The van der Waals surface area contributed by atoms with E-state index in [1.807, 2.05) is 24.3 Å². The number of benzene rings is 2. The lowest BCUT2D eigenvalue weighted by Crippen LogP contribution is -2.27. The number of amides is 1.